The zero-order valence-corrected chi connectivity index (χ0v) is 12.4. The molecule has 2 N–H and O–H groups in total. The lowest BCUT2D eigenvalue weighted by Gasteiger charge is -2.25. The van der Waals surface area contributed by atoms with Crippen LogP contribution in [0.15, 0.2) is 12.1 Å². The SMILES string of the molecule is CCOC(=O)c1cc(N)cc(Cl)c1OCCC1CCC1. The van der Waals surface area contributed by atoms with Crippen molar-refractivity contribution in [3.63, 3.8) is 0 Å². The molecule has 0 amide bonds. The first-order valence-electron chi connectivity index (χ1n) is 7.00. The van der Waals surface area contributed by atoms with Gasteiger partial charge in [0.2, 0.25) is 0 Å². The predicted octanol–water partition coefficient (Wildman–Crippen LogP) is 3.67. The lowest BCUT2D eigenvalue weighted by molar-refractivity contribution is 0.0521. The Hall–Kier alpha value is -1.42. The van der Waals surface area contributed by atoms with Gasteiger partial charge in [-0.1, -0.05) is 30.9 Å². The highest BCUT2D eigenvalue weighted by atomic mass is 35.5. The number of hydrogen-bond donors (Lipinski definition) is 1. The van der Waals surface area contributed by atoms with Gasteiger partial charge >= 0.3 is 5.97 Å². The number of carbonyl (C=O) groups is 1. The van der Waals surface area contributed by atoms with Crippen LogP contribution < -0.4 is 10.5 Å². The van der Waals surface area contributed by atoms with Crippen molar-refractivity contribution < 1.29 is 14.3 Å². The average Bonchev–Trinajstić information content (AvgIpc) is 2.34. The largest absolute Gasteiger partial charge is 0.491 e. The van der Waals surface area contributed by atoms with Gasteiger partial charge in [-0.2, -0.15) is 0 Å². The topological polar surface area (TPSA) is 61.5 Å². The normalized spacial score (nSPS) is 14.7. The first-order chi connectivity index (χ1) is 9.61. The molecule has 1 aliphatic carbocycles. The second-order valence-electron chi connectivity index (χ2n) is 5.03. The molecular formula is C15H20ClNO3. The minimum Gasteiger partial charge on any atom is -0.491 e. The van der Waals surface area contributed by atoms with Gasteiger partial charge in [-0.25, -0.2) is 4.79 Å². The summed E-state index contributed by atoms with van der Waals surface area (Å²) in [5.41, 5.74) is 6.44. The summed E-state index contributed by atoms with van der Waals surface area (Å²) in [6.45, 7) is 2.61. The van der Waals surface area contributed by atoms with Gasteiger partial charge in [0, 0.05) is 5.69 Å². The van der Waals surface area contributed by atoms with Gasteiger partial charge in [-0.3, -0.25) is 0 Å². The molecule has 5 heteroatoms. The lowest BCUT2D eigenvalue weighted by atomic mass is 9.83. The van der Waals surface area contributed by atoms with Crippen molar-refractivity contribution in [3.8, 4) is 5.75 Å². The Morgan fingerprint density at radius 3 is 2.80 bits per heavy atom. The number of benzene rings is 1. The van der Waals surface area contributed by atoms with Crippen molar-refractivity contribution in [1.82, 2.24) is 0 Å². The maximum absolute atomic E-state index is 11.9. The third-order valence-corrected chi connectivity index (χ3v) is 3.84. The Bertz CT molecular complexity index is 486. The second kappa shape index (κ2) is 6.84. The van der Waals surface area contributed by atoms with Crippen molar-refractivity contribution >= 4 is 23.3 Å². The fourth-order valence-electron chi connectivity index (χ4n) is 2.23. The lowest BCUT2D eigenvalue weighted by Crippen LogP contribution is -2.16. The Morgan fingerprint density at radius 2 is 2.20 bits per heavy atom. The molecule has 0 unspecified atom stereocenters. The van der Waals surface area contributed by atoms with E-state index in [1.54, 1.807) is 19.1 Å². The van der Waals surface area contributed by atoms with E-state index in [1.807, 2.05) is 0 Å². The Balaban J connectivity index is 2.09. The minimum atomic E-state index is -0.458. The van der Waals surface area contributed by atoms with Crippen molar-refractivity contribution in [1.29, 1.82) is 0 Å². The molecule has 4 nitrogen and oxygen atoms in total. The van der Waals surface area contributed by atoms with Gasteiger partial charge < -0.3 is 15.2 Å². The molecule has 20 heavy (non-hydrogen) atoms. The summed E-state index contributed by atoms with van der Waals surface area (Å²) in [7, 11) is 0. The molecule has 2 rings (SSSR count). The second-order valence-corrected chi connectivity index (χ2v) is 5.44. The van der Waals surface area contributed by atoms with Crippen LogP contribution in [-0.2, 0) is 4.74 Å². The van der Waals surface area contributed by atoms with Crippen LogP contribution in [0.3, 0.4) is 0 Å². The summed E-state index contributed by atoms with van der Waals surface area (Å²) in [6.07, 6.45) is 4.83. The highest BCUT2D eigenvalue weighted by molar-refractivity contribution is 6.33. The smallest absolute Gasteiger partial charge is 0.342 e. The molecule has 1 aromatic rings. The molecule has 0 heterocycles. The maximum Gasteiger partial charge on any atom is 0.342 e. The number of hydrogen-bond acceptors (Lipinski definition) is 4. The maximum atomic E-state index is 11.9. The first kappa shape index (κ1) is 15.0. The quantitative estimate of drug-likeness (QED) is 0.643. The van der Waals surface area contributed by atoms with E-state index in [9.17, 15) is 4.79 Å². The predicted molar refractivity (Wildman–Crippen MR) is 79.3 cm³/mol. The average molecular weight is 298 g/mol. The van der Waals surface area contributed by atoms with Crippen LogP contribution in [0.1, 0.15) is 43.0 Å². The number of anilines is 1. The molecule has 0 aromatic heterocycles. The molecule has 0 spiro atoms. The fraction of sp³-hybridized carbons (Fsp3) is 0.533. The van der Waals surface area contributed by atoms with Crippen LogP contribution in [0.4, 0.5) is 5.69 Å². The van der Waals surface area contributed by atoms with Crippen LogP contribution in [-0.4, -0.2) is 19.2 Å². The van der Waals surface area contributed by atoms with E-state index < -0.39 is 5.97 Å². The number of esters is 1. The number of ether oxygens (including phenoxy) is 2. The molecule has 0 saturated heterocycles. The summed E-state index contributed by atoms with van der Waals surface area (Å²) >= 11 is 6.13. The number of nitrogens with two attached hydrogens (primary N) is 1. The van der Waals surface area contributed by atoms with Gasteiger partial charge in [0.05, 0.1) is 18.2 Å². The van der Waals surface area contributed by atoms with E-state index in [-0.39, 0.29) is 0 Å². The van der Waals surface area contributed by atoms with Crippen molar-refractivity contribution in [2.45, 2.75) is 32.6 Å². The van der Waals surface area contributed by atoms with E-state index >= 15 is 0 Å². The molecule has 1 aliphatic rings. The van der Waals surface area contributed by atoms with Crippen molar-refractivity contribution in [3.05, 3.63) is 22.7 Å². The molecule has 1 fully saturated rings. The van der Waals surface area contributed by atoms with Crippen LogP contribution in [0, 0.1) is 5.92 Å². The Kier molecular flexibility index (Phi) is 5.12. The molecule has 1 aromatic carbocycles. The molecule has 0 atom stereocenters. The van der Waals surface area contributed by atoms with Gasteiger partial charge in [-0.15, -0.1) is 0 Å². The minimum absolute atomic E-state index is 0.297. The summed E-state index contributed by atoms with van der Waals surface area (Å²) < 4.78 is 10.7. The van der Waals surface area contributed by atoms with Crippen LogP contribution in [0.25, 0.3) is 0 Å². The highest BCUT2D eigenvalue weighted by Crippen LogP contribution is 2.34. The van der Waals surface area contributed by atoms with Crippen molar-refractivity contribution in [2.24, 2.45) is 5.92 Å². The summed E-state index contributed by atoms with van der Waals surface area (Å²) in [5, 5.41) is 0.349. The van der Waals surface area contributed by atoms with Crippen LogP contribution in [0.2, 0.25) is 5.02 Å². The van der Waals surface area contributed by atoms with Crippen molar-refractivity contribution in [2.75, 3.05) is 18.9 Å². The summed E-state index contributed by atoms with van der Waals surface area (Å²) in [4.78, 5) is 11.9. The molecular weight excluding hydrogens is 278 g/mol. The number of halogens is 1. The van der Waals surface area contributed by atoms with Gasteiger partial charge in [0.25, 0.3) is 0 Å². The molecule has 0 bridgehead atoms. The van der Waals surface area contributed by atoms with Crippen LogP contribution in [0.5, 0.6) is 5.75 Å². The fourth-order valence-corrected chi connectivity index (χ4v) is 2.51. The Morgan fingerprint density at radius 1 is 1.45 bits per heavy atom. The van der Waals surface area contributed by atoms with E-state index in [0.29, 0.717) is 35.2 Å². The zero-order valence-electron chi connectivity index (χ0n) is 11.7. The summed E-state index contributed by atoms with van der Waals surface area (Å²) in [6, 6.07) is 3.13. The highest BCUT2D eigenvalue weighted by Gasteiger charge is 2.20. The third kappa shape index (κ3) is 3.57. The number of rotatable bonds is 6. The molecule has 110 valence electrons. The van der Waals surface area contributed by atoms with E-state index in [2.05, 4.69) is 0 Å². The molecule has 1 saturated carbocycles. The summed E-state index contributed by atoms with van der Waals surface area (Å²) in [5.74, 6) is 0.660. The number of carbonyl (C=O) groups excluding carboxylic acids is 1. The monoisotopic (exact) mass is 297 g/mol. The number of nitrogen functional groups attached to an aromatic ring is 1. The van der Waals surface area contributed by atoms with E-state index in [0.717, 1.165) is 12.3 Å². The van der Waals surface area contributed by atoms with Gasteiger partial charge in [0.15, 0.2) is 5.75 Å². The van der Waals surface area contributed by atoms with Gasteiger partial charge in [-0.05, 0) is 31.4 Å². The Labute approximate surface area is 124 Å². The standard InChI is InChI=1S/C15H20ClNO3/c1-2-19-15(18)12-8-11(17)9-13(16)14(12)20-7-6-10-4-3-5-10/h8-10H,2-7,17H2,1H3. The third-order valence-electron chi connectivity index (χ3n) is 3.56. The molecule has 0 radical (unpaired) electrons. The first-order valence-corrected chi connectivity index (χ1v) is 7.38. The van der Waals surface area contributed by atoms with Crippen LogP contribution >= 0.6 is 11.6 Å². The van der Waals surface area contributed by atoms with Gasteiger partial charge in [0.1, 0.15) is 5.56 Å². The van der Waals surface area contributed by atoms with E-state index in [4.69, 9.17) is 26.8 Å². The van der Waals surface area contributed by atoms with E-state index in [1.165, 1.54) is 19.3 Å². The zero-order chi connectivity index (χ0) is 14.5. The molecule has 0 aliphatic heterocycles.